The van der Waals surface area contributed by atoms with Crippen molar-refractivity contribution in [2.24, 2.45) is 0 Å². The van der Waals surface area contributed by atoms with E-state index in [1.54, 1.807) is 19.1 Å². The summed E-state index contributed by atoms with van der Waals surface area (Å²) in [6.45, 7) is 1.51. The maximum Gasteiger partial charge on any atom is 0.254 e. The minimum Gasteiger partial charge on any atom is -0.493 e. The van der Waals surface area contributed by atoms with Gasteiger partial charge >= 0.3 is 0 Å². The van der Waals surface area contributed by atoms with E-state index in [0.717, 1.165) is 68.8 Å². The first kappa shape index (κ1) is 22.2. The lowest BCUT2D eigenvalue weighted by Gasteiger charge is -2.36. The molecule has 4 rings (SSSR count). The Labute approximate surface area is 190 Å². The fourth-order valence-electron chi connectivity index (χ4n) is 4.83. The van der Waals surface area contributed by atoms with Crippen LogP contribution in [-0.4, -0.2) is 50.1 Å². The number of ether oxygens (including phenoxy) is 2. The molecule has 32 heavy (non-hydrogen) atoms. The summed E-state index contributed by atoms with van der Waals surface area (Å²) in [5.74, 6) is 1.66. The predicted molar refractivity (Wildman–Crippen MR) is 125 cm³/mol. The van der Waals surface area contributed by atoms with Crippen LogP contribution in [0.1, 0.15) is 54.4 Å². The van der Waals surface area contributed by atoms with Crippen LogP contribution in [0.2, 0.25) is 0 Å². The summed E-state index contributed by atoms with van der Waals surface area (Å²) in [7, 11) is 3.28. The van der Waals surface area contributed by atoms with E-state index in [2.05, 4.69) is 6.07 Å². The zero-order valence-corrected chi connectivity index (χ0v) is 19.0. The van der Waals surface area contributed by atoms with E-state index in [4.69, 9.17) is 9.47 Å². The molecule has 2 saturated heterocycles. The lowest BCUT2D eigenvalue weighted by atomic mass is 9.95. The molecule has 0 aliphatic carbocycles. The first-order valence-corrected chi connectivity index (χ1v) is 11.5. The van der Waals surface area contributed by atoms with Crippen molar-refractivity contribution in [1.29, 1.82) is 0 Å². The second-order valence-electron chi connectivity index (χ2n) is 8.58. The lowest BCUT2D eigenvalue weighted by Crippen LogP contribution is -2.44. The quantitative estimate of drug-likeness (QED) is 0.643. The molecule has 2 aliphatic heterocycles. The van der Waals surface area contributed by atoms with E-state index >= 15 is 0 Å². The molecule has 2 heterocycles. The summed E-state index contributed by atoms with van der Waals surface area (Å²) in [6, 6.07) is 13.8. The molecule has 2 fully saturated rings. The normalized spacial score (nSPS) is 18.7. The van der Waals surface area contributed by atoms with Gasteiger partial charge in [-0.2, -0.15) is 0 Å². The van der Waals surface area contributed by atoms with E-state index in [0.29, 0.717) is 12.0 Å². The highest BCUT2D eigenvalue weighted by atomic mass is 16.5. The second-order valence-corrected chi connectivity index (χ2v) is 8.58. The van der Waals surface area contributed by atoms with Gasteiger partial charge in [-0.1, -0.05) is 12.1 Å². The monoisotopic (exact) mass is 436 g/mol. The van der Waals surface area contributed by atoms with Crippen molar-refractivity contribution in [2.75, 3.05) is 32.2 Å². The van der Waals surface area contributed by atoms with Crippen molar-refractivity contribution >= 4 is 17.5 Å². The number of carbonyl (C=O) groups is 2. The maximum atomic E-state index is 13.4. The number of hydrogen-bond donors (Lipinski definition) is 0. The maximum absolute atomic E-state index is 13.4. The van der Waals surface area contributed by atoms with Gasteiger partial charge in [-0.05, 0) is 74.4 Å². The molecule has 0 spiro atoms. The van der Waals surface area contributed by atoms with Gasteiger partial charge in [-0.3, -0.25) is 9.59 Å². The van der Waals surface area contributed by atoms with Crippen LogP contribution in [0, 0.1) is 0 Å². The molecule has 0 radical (unpaired) electrons. The molecular formula is C26H32N2O4. The van der Waals surface area contributed by atoms with Gasteiger partial charge in [0.1, 0.15) is 0 Å². The topological polar surface area (TPSA) is 59.1 Å². The number of benzene rings is 2. The van der Waals surface area contributed by atoms with Crippen molar-refractivity contribution in [3.8, 4) is 11.5 Å². The van der Waals surface area contributed by atoms with Gasteiger partial charge in [0.25, 0.3) is 5.91 Å². The number of rotatable bonds is 7. The largest absolute Gasteiger partial charge is 0.493 e. The molecule has 6 nitrogen and oxygen atoms in total. The minimum atomic E-state index is 0.0653. The third-order valence-electron chi connectivity index (χ3n) is 6.58. The number of aryl methyl sites for hydroxylation is 1. The third kappa shape index (κ3) is 4.74. The van der Waals surface area contributed by atoms with Crippen LogP contribution >= 0.6 is 0 Å². The van der Waals surface area contributed by atoms with Gasteiger partial charge < -0.3 is 19.3 Å². The van der Waals surface area contributed by atoms with Crippen molar-refractivity contribution < 1.29 is 19.1 Å². The fraction of sp³-hybridized carbons (Fsp3) is 0.462. The zero-order valence-electron chi connectivity index (χ0n) is 19.0. The highest BCUT2D eigenvalue weighted by Gasteiger charge is 2.28. The molecule has 0 bridgehead atoms. The Morgan fingerprint density at radius 3 is 2.59 bits per heavy atom. The van der Waals surface area contributed by atoms with Crippen LogP contribution in [0.4, 0.5) is 5.69 Å². The van der Waals surface area contributed by atoms with E-state index in [-0.39, 0.29) is 17.9 Å². The first-order chi connectivity index (χ1) is 15.6. The molecule has 2 amide bonds. The van der Waals surface area contributed by atoms with Crippen LogP contribution in [0.5, 0.6) is 11.5 Å². The zero-order chi connectivity index (χ0) is 22.5. The molecule has 0 aromatic heterocycles. The number of amides is 2. The van der Waals surface area contributed by atoms with Crippen LogP contribution < -0.4 is 14.4 Å². The number of piperidine rings is 1. The number of likely N-dealkylation sites (tertiary alicyclic amines) is 1. The average molecular weight is 437 g/mol. The Balaban J connectivity index is 1.46. The first-order valence-electron chi connectivity index (χ1n) is 11.5. The number of carbonyl (C=O) groups excluding carboxylic acids is 2. The van der Waals surface area contributed by atoms with Crippen LogP contribution in [-0.2, 0) is 11.2 Å². The summed E-state index contributed by atoms with van der Waals surface area (Å²) >= 11 is 0. The van der Waals surface area contributed by atoms with E-state index in [9.17, 15) is 9.59 Å². The summed E-state index contributed by atoms with van der Waals surface area (Å²) < 4.78 is 10.8. The van der Waals surface area contributed by atoms with Gasteiger partial charge in [0, 0.05) is 36.8 Å². The molecule has 1 atom stereocenters. The third-order valence-corrected chi connectivity index (χ3v) is 6.58. The molecule has 2 aromatic rings. The molecule has 1 unspecified atom stereocenters. The van der Waals surface area contributed by atoms with Crippen molar-refractivity contribution in [2.45, 2.75) is 51.0 Å². The van der Waals surface area contributed by atoms with Gasteiger partial charge in [0.05, 0.1) is 14.2 Å². The van der Waals surface area contributed by atoms with E-state index in [1.807, 2.05) is 41.3 Å². The Kier molecular flexibility index (Phi) is 6.98. The number of hydrogen-bond acceptors (Lipinski definition) is 4. The van der Waals surface area contributed by atoms with Crippen molar-refractivity contribution in [3.05, 3.63) is 53.6 Å². The molecule has 2 aromatic carbocycles. The highest BCUT2D eigenvalue weighted by Crippen LogP contribution is 2.30. The predicted octanol–water partition coefficient (Wildman–Crippen LogP) is 4.46. The standard InChI is InChI=1S/C26H32N2O4/c1-31-23-14-12-19(17-24(23)32-2)11-13-21-8-3-4-15-28(21)26(30)20-7-5-9-22(18-20)27-16-6-10-25(27)29/h5,7,9,12,14,17-18,21H,3-4,6,8,10-11,13,15-16H2,1-2H3. The molecule has 0 saturated carbocycles. The Hall–Kier alpha value is -3.02. The summed E-state index contributed by atoms with van der Waals surface area (Å²) in [6.07, 6.45) is 6.43. The molecule has 0 N–H and O–H groups in total. The lowest BCUT2D eigenvalue weighted by molar-refractivity contribution is -0.117. The van der Waals surface area contributed by atoms with Gasteiger partial charge in [0.15, 0.2) is 11.5 Å². The highest BCUT2D eigenvalue weighted by molar-refractivity contribution is 5.99. The molecule has 170 valence electrons. The molecular weight excluding hydrogens is 404 g/mol. The SMILES string of the molecule is COc1ccc(CCC2CCCCN2C(=O)c2cccc(N3CCCC3=O)c2)cc1OC. The van der Waals surface area contributed by atoms with Gasteiger partial charge in [-0.25, -0.2) is 0 Å². The Morgan fingerprint density at radius 1 is 1.00 bits per heavy atom. The van der Waals surface area contributed by atoms with Crippen LogP contribution in [0.15, 0.2) is 42.5 Å². The second kappa shape index (κ2) is 10.1. The summed E-state index contributed by atoms with van der Waals surface area (Å²) in [5, 5.41) is 0. The van der Waals surface area contributed by atoms with Crippen LogP contribution in [0.3, 0.4) is 0 Å². The fourth-order valence-corrected chi connectivity index (χ4v) is 4.83. The number of methoxy groups -OCH3 is 2. The van der Waals surface area contributed by atoms with Gasteiger partial charge in [-0.15, -0.1) is 0 Å². The minimum absolute atomic E-state index is 0.0653. The summed E-state index contributed by atoms with van der Waals surface area (Å²) in [5.41, 5.74) is 2.67. The Bertz CT molecular complexity index is 974. The van der Waals surface area contributed by atoms with Crippen molar-refractivity contribution in [3.63, 3.8) is 0 Å². The van der Waals surface area contributed by atoms with Gasteiger partial charge in [0.2, 0.25) is 5.91 Å². The molecule has 2 aliphatic rings. The molecule has 6 heteroatoms. The smallest absolute Gasteiger partial charge is 0.254 e. The van der Waals surface area contributed by atoms with Crippen LogP contribution in [0.25, 0.3) is 0 Å². The Morgan fingerprint density at radius 2 is 1.84 bits per heavy atom. The van der Waals surface area contributed by atoms with Crippen molar-refractivity contribution in [1.82, 2.24) is 4.90 Å². The van der Waals surface area contributed by atoms with E-state index < -0.39 is 0 Å². The number of nitrogens with zero attached hydrogens (tertiary/aromatic N) is 2. The average Bonchev–Trinajstić information content (AvgIpc) is 3.28. The van der Waals surface area contributed by atoms with E-state index in [1.165, 1.54) is 5.56 Å². The number of anilines is 1. The summed E-state index contributed by atoms with van der Waals surface area (Å²) in [4.78, 5) is 29.4.